The van der Waals surface area contributed by atoms with Gasteiger partial charge in [-0.1, -0.05) is 127 Å². The zero-order valence-electron chi connectivity index (χ0n) is 21.3. The number of carbonyl (C=O) groups excluding carboxylic acids is 2. The molecule has 192 valence electrons. The normalized spacial score (nSPS) is 9.89. The topological polar surface area (TPSA) is 52.6 Å². The third-order valence-electron chi connectivity index (χ3n) is 5.50. The average Bonchev–Trinajstić information content (AvgIpc) is 2.88. The molecule has 0 aromatic heterocycles. The van der Waals surface area contributed by atoms with Crippen LogP contribution in [0, 0.1) is 0 Å². The van der Waals surface area contributed by atoms with Crippen molar-refractivity contribution < 1.29 is 19.1 Å². The van der Waals surface area contributed by atoms with Crippen LogP contribution in [0.3, 0.4) is 0 Å². The Hall–Kier alpha value is -1.36. The fraction of sp³-hybridized carbons (Fsp3) is 0.533. The summed E-state index contributed by atoms with van der Waals surface area (Å²) in [5.41, 5.74) is 0.586. The van der Waals surface area contributed by atoms with Gasteiger partial charge in [0.2, 0.25) is 0 Å². The van der Waals surface area contributed by atoms with Gasteiger partial charge in [0.15, 0.2) is 0 Å². The monoisotopic (exact) mass is 510 g/mol. The van der Waals surface area contributed by atoms with Gasteiger partial charge in [-0.15, -0.1) is 0 Å². The maximum absolute atomic E-state index is 12.4. The molecule has 0 aliphatic rings. The van der Waals surface area contributed by atoms with Crippen LogP contribution in [-0.2, 0) is 9.47 Å². The molecular formula is C30H46CaO4. The summed E-state index contributed by atoms with van der Waals surface area (Å²) >= 11 is 0. The molecule has 0 N–H and O–H groups in total. The number of unbranched alkanes of at least 4 members (excludes halogenated alkanes) is 10. The zero-order chi connectivity index (χ0) is 24.7. The molecule has 0 aliphatic heterocycles. The van der Waals surface area contributed by atoms with Crippen molar-refractivity contribution in [3.8, 4) is 0 Å². The molecule has 0 saturated heterocycles. The van der Waals surface area contributed by atoms with E-state index in [0.29, 0.717) is 24.3 Å². The first-order valence-electron chi connectivity index (χ1n) is 13.1. The van der Waals surface area contributed by atoms with Crippen molar-refractivity contribution in [3.63, 3.8) is 0 Å². The Labute approximate surface area is 243 Å². The van der Waals surface area contributed by atoms with Gasteiger partial charge in [0.05, 0.1) is 24.3 Å². The van der Waals surface area contributed by atoms with Crippen LogP contribution < -0.4 is 0 Å². The molecule has 0 spiro atoms. The van der Waals surface area contributed by atoms with Crippen molar-refractivity contribution in [2.45, 2.75) is 90.9 Å². The maximum atomic E-state index is 12.4. The molecule has 2 aromatic rings. The van der Waals surface area contributed by atoms with E-state index in [1.54, 1.807) is 24.3 Å². The SMILES string of the molecule is CCCCCCCCOC(=O)c1ccccc1C(=O)OCCCCCCCC.[CaH2].c1ccccc1. The average molecular weight is 511 g/mol. The molecule has 0 radical (unpaired) electrons. The van der Waals surface area contributed by atoms with Gasteiger partial charge in [-0.25, -0.2) is 9.59 Å². The van der Waals surface area contributed by atoms with E-state index in [0.717, 1.165) is 25.7 Å². The Morgan fingerprint density at radius 1 is 0.514 bits per heavy atom. The quantitative estimate of drug-likeness (QED) is 0.133. The van der Waals surface area contributed by atoms with Crippen molar-refractivity contribution in [1.29, 1.82) is 0 Å². The molecule has 0 bridgehead atoms. The number of benzene rings is 2. The predicted octanol–water partition coefficient (Wildman–Crippen LogP) is 7.49. The summed E-state index contributed by atoms with van der Waals surface area (Å²) in [6.45, 7) is 5.17. The van der Waals surface area contributed by atoms with Crippen LogP contribution in [0.15, 0.2) is 60.7 Å². The van der Waals surface area contributed by atoms with E-state index in [2.05, 4.69) is 13.8 Å². The van der Waals surface area contributed by atoms with Gasteiger partial charge in [-0.3, -0.25) is 0 Å². The number of carbonyl (C=O) groups is 2. The summed E-state index contributed by atoms with van der Waals surface area (Å²) in [5.74, 6) is -0.888. The third kappa shape index (κ3) is 17.7. The summed E-state index contributed by atoms with van der Waals surface area (Å²) in [5, 5.41) is 0. The Kier molecular flexibility index (Phi) is 23.4. The summed E-state index contributed by atoms with van der Waals surface area (Å²) in [6, 6.07) is 18.7. The Bertz CT molecular complexity index is 688. The molecule has 2 aromatic carbocycles. The van der Waals surface area contributed by atoms with Gasteiger partial charge < -0.3 is 9.47 Å². The molecule has 35 heavy (non-hydrogen) atoms. The van der Waals surface area contributed by atoms with Crippen LogP contribution in [0.4, 0.5) is 0 Å². The molecule has 0 fully saturated rings. The standard InChI is InChI=1S/C24H38O4.C6H6.Ca.2H/c1-3-5-7-9-11-15-19-27-23(25)21-17-13-14-18-22(21)24(26)28-20-16-12-10-8-6-4-2;1-2-4-6-5-3-1;;;/h13-14,17-18H,3-12,15-16,19-20H2,1-2H3;1-6H;;;. The predicted molar refractivity (Wildman–Crippen MR) is 149 cm³/mol. The van der Waals surface area contributed by atoms with Gasteiger partial charge >= 0.3 is 49.7 Å². The number of ether oxygens (including phenoxy) is 2. The van der Waals surface area contributed by atoms with Gasteiger partial charge in [0.1, 0.15) is 0 Å². The van der Waals surface area contributed by atoms with Crippen molar-refractivity contribution >= 4 is 49.7 Å². The molecule has 0 aliphatic carbocycles. The smallest absolute Gasteiger partial charge is 0.0623 e. The molecule has 0 heterocycles. The van der Waals surface area contributed by atoms with Gasteiger partial charge in [0, 0.05) is 0 Å². The number of rotatable bonds is 16. The van der Waals surface area contributed by atoms with Crippen molar-refractivity contribution in [2.24, 2.45) is 0 Å². The Balaban J connectivity index is 0.00000143. The summed E-state index contributed by atoms with van der Waals surface area (Å²) in [6.07, 6.45) is 13.6. The Morgan fingerprint density at radius 3 is 1.17 bits per heavy atom. The summed E-state index contributed by atoms with van der Waals surface area (Å²) in [7, 11) is 0. The van der Waals surface area contributed by atoms with Crippen LogP contribution in [0.25, 0.3) is 0 Å². The second kappa shape index (κ2) is 24.3. The molecule has 0 atom stereocenters. The van der Waals surface area contributed by atoms with E-state index < -0.39 is 11.9 Å². The van der Waals surface area contributed by atoms with Crippen LogP contribution in [0.5, 0.6) is 0 Å². The molecule has 2 rings (SSSR count). The first kappa shape index (κ1) is 33.6. The number of hydrogen-bond acceptors (Lipinski definition) is 4. The second-order valence-electron chi connectivity index (χ2n) is 8.51. The van der Waals surface area contributed by atoms with E-state index in [1.165, 1.54) is 51.4 Å². The minimum absolute atomic E-state index is 0. The molecule has 0 unspecified atom stereocenters. The van der Waals surface area contributed by atoms with Crippen molar-refractivity contribution in [3.05, 3.63) is 71.8 Å². The van der Waals surface area contributed by atoms with Gasteiger partial charge in [-0.05, 0) is 25.0 Å². The fourth-order valence-electron chi connectivity index (χ4n) is 3.47. The molecular weight excluding hydrogens is 464 g/mol. The molecule has 0 amide bonds. The fourth-order valence-corrected chi connectivity index (χ4v) is 3.47. The minimum Gasteiger partial charge on any atom is -0.0623 e. The molecule has 5 heteroatoms. The van der Waals surface area contributed by atoms with E-state index in [9.17, 15) is 9.59 Å². The Morgan fingerprint density at radius 2 is 0.829 bits per heavy atom. The minimum atomic E-state index is -0.444. The van der Waals surface area contributed by atoms with Gasteiger partial charge in [-0.2, -0.15) is 0 Å². The van der Waals surface area contributed by atoms with Crippen molar-refractivity contribution in [1.82, 2.24) is 0 Å². The molecule has 4 nitrogen and oxygen atoms in total. The first-order valence-corrected chi connectivity index (χ1v) is 13.1. The maximum Gasteiger partial charge on any atom is -0.0623 e. The first-order chi connectivity index (χ1) is 16.7. The summed E-state index contributed by atoms with van der Waals surface area (Å²) < 4.78 is 10.7. The largest absolute Gasteiger partial charge is 0.0623 e. The van der Waals surface area contributed by atoms with Gasteiger partial charge in [0.25, 0.3) is 0 Å². The van der Waals surface area contributed by atoms with Crippen LogP contribution in [0.2, 0.25) is 0 Å². The van der Waals surface area contributed by atoms with E-state index >= 15 is 0 Å². The van der Waals surface area contributed by atoms with Crippen LogP contribution >= 0.6 is 0 Å². The van der Waals surface area contributed by atoms with E-state index in [4.69, 9.17) is 9.47 Å². The number of hydrogen-bond donors (Lipinski definition) is 0. The number of esters is 2. The van der Waals surface area contributed by atoms with Crippen molar-refractivity contribution in [2.75, 3.05) is 13.2 Å². The van der Waals surface area contributed by atoms with E-state index in [-0.39, 0.29) is 37.7 Å². The zero-order valence-corrected chi connectivity index (χ0v) is 21.3. The molecule has 0 saturated carbocycles. The second-order valence-corrected chi connectivity index (χ2v) is 8.51. The third-order valence-corrected chi connectivity index (χ3v) is 5.50. The van der Waals surface area contributed by atoms with Crippen LogP contribution in [0.1, 0.15) is 112 Å². The van der Waals surface area contributed by atoms with E-state index in [1.807, 2.05) is 36.4 Å². The summed E-state index contributed by atoms with van der Waals surface area (Å²) in [4.78, 5) is 24.7. The van der Waals surface area contributed by atoms with Crippen LogP contribution in [-0.4, -0.2) is 62.9 Å².